The van der Waals surface area contributed by atoms with E-state index in [9.17, 15) is 8.78 Å². The summed E-state index contributed by atoms with van der Waals surface area (Å²) in [5, 5.41) is 0. The summed E-state index contributed by atoms with van der Waals surface area (Å²) in [6, 6.07) is 19.3. The smallest absolute Gasteiger partial charge is 0.387 e. The molecule has 2 heterocycles. The summed E-state index contributed by atoms with van der Waals surface area (Å²) in [5.74, 6) is 0.539. The molecule has 0 N–H and O–H groups in total. The lowest BCUT2D eigenvalue weighted by atomic mass is 9.96. The molecule has 0 atom stereocenters. The molecule has 4 aromatic rings. The van der Waals surface area contributed by atoms with E-state index in [-0.39, 0.29) is 5.75 Å². The van der Waals surface area contributed by atoms with E-state index in [2.05, 4.69) is 23.2 Å². The van der Waals surface area contributed by atoms with E-state index in [4.69, 9.17) is 13.9 Å². The Hall–Kier alpha value is -3.29. The fraction of sp³-hybridized carbons (Fsp3) is 0.240. The van der Waals surface area contributed by atoms with Gasteiger partial charge in [0, 0.05) is 30.3 Å². The van der Waals surface area contributed by atoms with Crippen molar-refractivity contribution in [3.63, 3.8) is 0 Å². The first-order valence-electron chi connectivity index (χ1n) is 10.4. The predicted octanol–water partition coefficient (Wildman–Crippen LogP) is 5.86. The molecule has 1 aromatic heterocycles. The maximum atomic E-state index is 13.0. The predicted molar refractivity (Wildman–Crippen MR) is 117 cm³/mol. The third-order valence-electron chi connectivity index (χ3n) is 5.66. The van der Waals surface area contributed by atoms with Crippen LogP contribution in [0.1, 0.15) is 11.1 Å². The van der Waals surface area contributed by atoms with Gasteiger partial charge in [0.2, 0.25) is 5.89 Å². The number of rotatable bonds is 6. The van der Waals surface area contributed by atoms with Crippen LogP contribution in [0.3, 0.4) is 0 Å². The number of aromatic nitrogens is 1. The molecule has 0 radical (unpaired) electrons. The molecule has 5 nitrogen and oxygen atoms in total. The second kappa shape index (κ2) is 8.68. The summed E-state index contributed by atoms with van der Waals surface area (Å²) in [7, 11) is 0. The summed E-state index contributed by atoms with van der Waals surface area (Å²) in [6.45, 7) is 1.36. The van der Waals surface area contributed by atoms with Crippen LogP contribution >= 0.6 is 0 Å². The molecule has 1 aliphatic rings. The maximum Gasteiger partial charge on any atom is 0.387 e. The number of halogens is 2. The van der Waals surface area contributed by atoms with Crippen LogP contribution in [0.15, 0.2) is 65.1 Å². The van der Waals surface area contributed by atoms with Crippen LogP contribution in [0.4, 0.5) is 8.78 Å². The van der Waals surface area contributed by atoms with Gasteiger partial charge in [-0.05, 0) is 35.7 Å². The topological polar surface area (TPSA) is 47.7 Å². The van der Waals surface area contributed by atoms with Gasteiger partial charge in [-0.25, -0.2) is 4.98 Å². The summed E-state index contributed by atoms with van der Waals surface area (Å²) < 4.78 is 42.2. The van der Waals surface area contributed by atoms with Gasteiger partial charge >= 0.3 is 6.61 Å². The Bertz CT molecular complexity index is 1230. The minimum atomic E-state index is -2.92. The molecule has 164 valence electrons. The average molecular weight is 436 g/mol. The second-order valence-electron chi connectivity index (χ2n) is 7.76. The van der Waals surface area contributed by atoms with Crippen molar-refractivity contribution in [1.29, 1.82) is 0 Å². The molecule has 0 bridgehead atoms. The van der Waals surface area contributed by atoms with Gasteiger partial charge in [0.25, 0.3) is 0 Å². The van der Waals surface area contributed by atoms with Crippen molar-refractivity contribution in [1.82, 2.24) is 9.88 Å². The number of benzene rings is 3. The van der Waals surface area contributed by atoms with Gasteiger partial charge in [0.15, 0.2) is 5.58 Å². The van der Waals surface area contributed by atoms with Crippen LogP contribution < -0.4 is 4.74 Å². The van der Waals surface area contributed by atoms with Gasteiger partial charge in [-0.2, -0.15) is 8.78 Å². The first-order valence-corrected chi connectivity index (χ1v) is 10.4. The third kappa shape index (κ3) is 4.09. The molecule has 5 rings (SSSR count). The standard InChI is InChI=1S/C25H22F2N2O3/c1-16-19(17-6-3-2-4-7-17)8-5-9-20(16)24-28-21-12-18(14-29-10-11-30-15-29)22(32-25(26)27)13-23(21)31-24/h2-9,12-13,25H,10-11,14-15H2,1H3. The molecular formula is C25H22F2N2O3. The Morgan fingerprint density at radius 1 is 1.06 bits per heavy atom. The van der Waals surface area contributed by atoms with Gasteiger partial charge < -0.3 is 13.9 Å². The molecule has 0 amide bonds. The number of hydrogen-bond acceptors (Lipinski definition) is 5. The lowest BCUT2D eigenvalue weighted by Crippen LogP contribution is -2.20. The van der Waals surface area contributed by atoms with Gasteiger partial charge in [-0.3, -0.25) is 4.90 Å². The van der Waals surface area contributed by atoms with Crippen molar-refractivity contribution in [2.45, 2.75) is 20.1 Å². The van der Waals surface area contributed by atoms with Gasteiger partial charge in [0.05, 0.1) is 13.3 Å². The number of ether oxygens (including phenoxy) is 2. The average Bonchev–Trinajstić information content (AvgIpc) is 3.44. The van der Waals surface area contributed by atoms with Crippen LogP contribution in [0, 0.1) is 6.92 Å². The number of oxazole rings is 1. The molecule has 1 fully saturated rings. The summed E-state index contributed by atoms with van der Waals surface area (Å²) in [6.07, 6.45) is 0. The van der Waals surface area contributed by atoms with E-state index in [0.29, 0.717) is 42.4 Å². The van der Waals surface area contributed by atoms with Crippen LogP contribution in [0.2, 0.25) is 0 Å². The Labute approximate surface area is 184 Å². The molecule has 1 aliphatic heterocycles. The Balaban J connectivity index is 1.56. The van der Waals surface area contributed by atoms with Gasteiger partial charge in [0.1, 0.15) is 11.3 Å². The molecule has 3 aromatic carbocycles. The van der Waals surface area contributed by atoms with Crippen molar-refractivity contribution in [3.8, 4) is 28.3 Å². The third-order valence-corrected chi connectivity index (χ3v) is 5.66. The first-order chi connectivity index (χ1) is 15.6. The van der Waals surface area contributed by atoms with E-state index in [1.807, 2.05) is 42.2 Å². The minimum absolute atomic E-state index is 0.0943. The number of nitrogens with zero attached hydrogens (tertiary/aromatic N) is 2. The molecule has 1 saturated heterocycles. The lowest BCUT2D eigenvalue weighted by Gasteiger charge is -2.16. The molecule has 7 heteroatoms. The minimum Gasteiger partial charge on any atom is -0.436 e. The summed E-state index contributed by atoms with van der Waals surface area (Å²) >= 11 is 0. The highest BCUT2D eigenvalue weighted by Gasteiger charge is 2.20. The van der Waals surface area contributed by atoms with E-state index in [1.54, 1.807) is 6.07 Å². The van der Waals surface area contributed by atoms with E-state index < -0.39 is 6.61 Å². The fourth-order valence-corrected chi connectivity index (χ4v) is 4.06. The summed E-state index contributed by atoms with van der Waals surface area (Å²) in [5.41, 5.74) is 5.70. The van der Waals surface area contributed by atoms with Crippen molar-refractivity contribution >= 4 is 11.1 Å². The monoisotopic (exact) mass is 436 g/mol. The van der Waals surface area contributed by atoms with Crippen molar-refractivity contribution in [2.24, 2.45) is 0 Å². The number of fused-ring (bicyclic) bond motifs is 1. The highest BCUT2D eigenvalue weighted by atomic mass is 19.3. The number of alkyl halides is 2. The second-order valence-corrected chi connectivity index (χ2v) is 7.76. The Kier molecular flexibility index (Phi) is 5.59. The Morgan fingerprint density at radius 2 is 1.88 bits per heavy atom. The summed E-state index contributed by atoms with van der Waals surface area (Å²) in [4.78, 5) is 6.70. The molecule has 0 saturated carbocycles. The quantitative estimate of drug-likeness (QED) is 0.379. The lowest BCUT2D eigenvalue weighted by molar-refractivity contribution is -0.0507. The van der Waals surface area contributed by atoms with Crippen LogP contribution in [-0.2, 0) is 11.3 Å². The molecular weight excluding hydrogens is 414 g/mol. The zero-order valence-corrected chi connectivity index (χ0v) is 17.6. The zero-order valence-electron chi connectivity index (χ0n) is 17.6. The van der Waals surface area contributed by atoms with Gasteiger partial charge in [-0.15, -0.1) is 0 Å². The highest BCUT2D eigenvalue weighted by molar-refractivity contribution is 5.81. The van der Waals surface area contributed by atoms with Crippen LogP contribution in [0.25, 0.3) is 33.7 Å². The SMILES string of the molecule is Cc1c(-c2ccccc2)cccc1-c1nc2cc(CN3CCOC3)c(OC(F)F)cc2o1. The highest BCUT2D eigenvalue weighted by Crippen LogP contribution is 2.35. The largest absolute Gasteiger partial charge is 0.436 e. The molecule has 0 spiro atoms. The number of hydrogen-bond donors (Lipinski definition) is 0. The first kappa shape index (κ1) is 20.6. The van der Waals surface area contributed by atoms with E-state index in [1.165, 1.54) is 6.07 Å². The van der Waals surface area contributed by atoms with Crippen LogP contribution in [-0.4, -0.2) is 36.4 Å². The molecule has 0 unspecified atom stereocenters. The van der Waals surface area contributed by atoms with Gasteiger partial charge in [-0.1, -0.05) is 42.5 Å². The normalized spacial score (nSPS) is 14.5. The van der Waals surface area contributed by atoms with E-state index in [0.717, 1.165) is 28.8 Å². The van der Waals surface area contributed by atoms with Crippen molar-refractivity contribution < 1.29 is 22.7 Å². The van der Waals surface area contributed by atoms with Crippen molar-refractivity contribution in [2.75, 3.05) is 19.9 Å². The molecule has 0 aliphatic carbocycles. The van der Waals surface area contributed by atoms with E-state index >= 15 is 0 Å². The molecule has 32 heavy (non-hydrogen) atoms. The Morgan fingerprint density at radius 3 is 2.62 bits per heavy atom. The van der Waals surface area contributed by atoms with Crippen molar-refractivity contribution in [3.05, 3.63) is 71.8 Å². The fourth-order valence-electron chi connectivity index (χ4n) is 4.06. The van der Waals surface area contributed by atoms with Crippen LogP contribution in [0.5, 0.6) is 5.75 Å². The zero-order chi connectivity index (χ0) is 22.1. The maximum absolute atomic E-state index is 13.0.